The van der Waals surface area contributed by atoms with E-state index in [0.717, 1.165) is 31.4 Å². The van der Waals surface area contributed by atoms with E-state index in [1.807, 2.05) is 0 Å². The predicted molar refractivity (Wildman–Crippen MR) is 72.6 cm³/mol. The number of aliphatic hydroxyl groups is 1. The van der Waals surface area contributed by atoms with Crippen LogP contribution in [0.3, 0.4) is 0 Å². The third-order valence-corrected chi connectivity index (χ3v) is 3.84. The lowest BCUT2D eigenvalue weighted by molar-refractivity contribution is 0.156. The lowest BCUT2D eigenvalue weighted by Crippen LogP contribution is -2.12. The molecule has 3 rings (SSSR count). The second-order valence-corrected chi connectivity index (χ2v) is 5.24. The minimum Gasteiger partial charge on any atom is -0.388 e. The van der Waals surface area contributed by atoms with Crippen molar-refractivity contribution in [2.45, 2.75) is 38.8 Å². The maximum absolute atomic E-state index is 9.96. The van der Waals surface area contributed by atoms with Gasteiger partial charge in [-0.15, -0.1) is 0 Å². The Morgan fingerprint density at radius 2 is 2.00 bits per heavy atom. The molecule has 1 N–H and O–H groups in total. The molecule has 1 unspecified atom stereocenters. The molecular weight excluding hydrogens is 222 g/mol. The number of hydrogen-bond acceptors (Lipinski definition) is 1. The van der Waals surface area contributed by atoms with E-state index >= 15 is 0 Å². The highest BCUT2D eigenvalue weighted by molar-refractivity contribution is 5.29. The molecule has 18 heavy (non-hydrogen) atoms. The fraction of sp³-hybridized carbons (Fsp3) is 0.375. The van der Waals surface area contributed by atoms with Gasteiger partial charge in [0.1, 0.15) is 0 Å². The summed E-state index contributed by atoms with van der Waals surface area (Å²) in [5.74, 6) is 0. The molecule has 0 radical (unpaired) electrons. The molecule has 0 saturated carbocycles. The molecule has 2 nitrogen and oxygen atoms in total. The zero-order valence-corrected chi connectivity index (χ0v) is 10.8. The van der Waals surface area contributed by atoms with Crippen molar-refractivity contribution in [3.05, 3.63) is 58.9 Å². The van der Waals surface area contributed by atoms with E-state index in [1.165, 1.54) is 16.8 Å². The Balaban J connectivity index is 1.87. The smallest absolute Gasteiger partial charge is 0.0807 e. The van der Waals surface area contributed by atoms with Crippen molar-refractivity contribution in [3.63, 3.8) is 0 Å². The summed E-state index contributed by atoms with van der Waals surface area (Å²) >= 11 is 0. The monoisotopic (exact) mass is 241 g/mol. The first-order chi connectivity index (χ1) is 8.74. The molecule has 1 aliphatic carbocycles. The van der Waals surface area contributed by atoms with Crippen LogP contribution >= 0.6 is 0 Å². The Morgan fingerprint density at radius 1 is 1.22 bits per heavy atom. The van der Waals surface area contributed by atoms with Crippen molar-refractivity contribution in [3.8, 4) is 0 Å². The number of rotatable bonds is 2. The van der Waals surface area contributed by atoms with E-state index in [0.29, 0.717) is 0 Å². The number of nitrogens with zero attached hydrogens (tertiary/aromatic N) is 1. The van der Waals surface area contributed by atoms with Crippen molar-refractivity contribution < 1.29 is 5.11 Å². The second kappa shape index (κ2) is 4.62. The summed E-state index contributed by atoms with van der Waals surface area (Å²) in [5, 5.41) is 9.96. The zero-order valence-electron chi connectivity index (χ0n) is 10.8. The van der Waals surface area contributed by atoms with Crippen molar-refractivity contribution in [1.82, 2.24) is 4.57 Å². The third kappa shape index (κ3) is 2.08. The van der Waals surface area contributed by atoms with Crippen molar-refractivity contribution in [2.75, 3.05) is 0 Å². The first-order valence-corrected chi connectivity index (χ1v) is 6.65. The van der Waals surface area contributed by atoms with Crippen molar-refractivity contribution in [1.29, 1.82) is 0 Å². The SMILES string of the molecule is Cc1ccc(Cn2ccc3c2CCCC3O)cc1. The quantitative estimate of drug-likeness (QED) is 0.858. The lowest BCUT2D eigenvalue weighted by atomic mass is 9.95. The van der Waals surface area contributed by atoms with Gasteiger partial charge in [0.2, 0.25) is 0 Å². The molecule has 94 valence electrons. The highest BCUT2D eigenvalue weighted by Gasteiger charge is 2.20. The Labute approximate surface area is 108 Å². The molecule has 2 heteroatoms. The highest BCUT2D eigenvalue weighted by atomic mass is 16.3. The summed E-state index contributed by atoms with van der Waals surface area (Å²) in [6.07, 6.45) is 4.94. The fourth-order valence-corrected chi connectivity index (χ4v) is 2.77. The van der Waals surface area contributed by atoms with Crippen molar-refractivity contribution in [2.24, 2.45) is 0 Å². The van der Waals surface area contributed by atoms with Crippen LogP contribution in [0.15, 0.2) is 36.5 Å². The van der Waals surface area contributed by atoms with E-state index in [2.05, 4.69) is 48.0 Å². The largest absolute Gasteiger partial charge is 0.388 e. The topological polar surface area (TPSA) is 25.2 Å². The van der Waals surface area contributed by atoms with Crippen LogP contribution in [0.25, 0.3) is 0 Å². The van der Waals surface area contributed by atoms with Gasteiger partial charge in [-0.1, -0.05) is 29.8 Å². The van der Waals surface area contributed by atoms with Crippen LogP contribution in [0, 0.1) is 6.92 Å². The highest BCUT2D eigenvalue weighted by Crippen LogP contribution is 2.30. The number of fused-ring (bicyclic) bond motifs is 1. The van der Waals surface area contributed by atoms with Gasteiger partial charge in [0.15, 0.2) is 0 Å². The molecule has 1 aliphatic rings. The normalized spacial score (nSPS) is 18.7. The van der Waals surface area contributed by atoms with E-state index < -0.39 is 0 Å². The van der Waals surface area contributed by atoms with Gasteiger partial charge < -0.3 is 9.67 Å². The van der Waals surface area contributed by atoms with E-state index in [9.17, 15) is 5.11 Å². The fourth-order valence-electron chi connectivity index (χ4n) is 2.77. The summed E-state index contributed by atoms with van der Waals surface area (Å²) in [6.45, 7) is 3.01. The van der Waals surface area contributed by atoms with Crippen LogP contribution in [0.1, 0.15) is 41.3 Å². The summed E-state index contributed by atoms with van der Waals surface area (Å²) in [6, 6.07) is 10.7. The predicted octanol–water partition coefficient (Wildman–Crippen LogP) is 3.21. The molecule has 1 aromatic heterocycles. The number of aromatic nitrogens is 1. The van der Waals surface area contributed by atoms with E-state index in [1.54, 1.807) is 0 Å². The second-order valence-electron chi connectivity index (χ2n) is 5.24. The number of benzene rings is 1. The molecular formula is C16H19NO. The van der Waals surface area contributed by atoms with Crippen LogP contribution in [-0.4, -0.2) is 9.67 Å². The van der Waals surface area contributed by atoms with Gasteiger partial charge in [-0.3, -0.25) is 0 Å². The van der Waals surface area contributed by atoms with E-state index in [4.69, 9.17) is 0 Å². The van der Waals surface area contributed by atoms with Crippen LogP contribution in [0.5, 0.6) is 0 Å². The third-order valence-electron chi connectivity index (χ3n) is 3.84. The average Bonchev–Trinajstić information content (AvgIpc) is 2.77. The van der Waals surface area contributed by atoms with Gasteiger partial charge in [0.05, 0.1) is 6.10 Å². The lowest BCUT2D eigenvalue weighted by Gasteiger charge is -2.20. The number of hydrogen-bond donors (Lipinski definition) is 1. The summed E-state index contributed by atoms with van der Waals surface area (Å²) in [4.78, 5) is 0. The first-order valence-electron chi connectivity index (χ1n) is 6.65. The summed E-state index contributed by atoms with van der Waals surface area (Å²) in [7, 11) is 0. The van der Waals surface area contributed by atoms with Crippen molar-refractivity contribution >= 4 is 0 Å². The maximum atomic E-state index is 9.96. The number of aryl methyl sites for hydroxylation is 1. The van der Waals surface area contributed by atoms with Gasteiger partial charge >= 0.3 is 0 Å². The van der Waals surface area contributed by atoms with Gasteiger partial charge in [-0.05, 0) is 37.8 Å². The Kier molecular flexibility index (Phi) is 2.96. The molecule has 1 atom stereocenters. The van der Waals surface area contributed by atoms with Crippen LogP contribution < -0.4 is 0 Å². The Bertz CT molecular complexity index is 539. The molecule has 0 bridgehead atoms. The standard InChI is InChI=1S/C16H19NO/c1-12-5-7-13(8-6-12)11-17-10-9-14-15(17)3-2-4-16(14)18/h5-10,16,18H,2-4,11H2,1H3. The Hall–Kier alpha value is -1.54. The summed E-state index contributed by atoms with van der Waals surface area (Å²) in [5.41, 5.74) is 5.06. The van der Waals surface area contributed by atoms with Crippen LogP contribution in [-0.2, 0) is 13.0 Å². The van der Waals surface area contributed by atoms with Gasteiger partial charge in [-0.2, -0.15) is 0 Å². The Morgan fingerprint density at radius 3 is 2.78 bits per heavy atom. The molecule has 0 spiro atoms. The molecule has 1 heterocycles. The molecule has 0 amide bonds. The minimum atomic E-state index is -0.256. The molecule has 1 aromatic carbocycles. The molecule has 0 fully saturated rings. The zero-order chi connectivity index (χ0) is 12.5. The van der Waals surface area contributed by atoms with E-state index in [-0.39, 0.29) is 6.10 Å². The van der Waals surface area contributed by atoms with Gasteiger partial charge in [0, 0.05) is 24.0 Å². The van der Waals surface area contributed by atoms with Gasteiger partial charge in [0.25, 0.3) is 0 Å². The summed E-state index contributed by atoms with van der Waals surface area (Å²) < 4.78 is 2.28. The molecule has 0 saturated heterocycles. The first kappa shape index (κ1) is 11.5. The average molecular weight is 241 g/mol. The molecule has 0 aliphatic heterocycles. The van der Waals surface area contributed by atoms with Crippen LogP contribution in [0.4, 0.5) is 0 Å². The minimum absolute atomic E-state index is 0.256. The maximum Gasteiger partial charge on any atom is 0.0807 e. The van der Waals surface area contributed by atoms with Gasteiger partial charge in [-0.25, -0.2) is 0 Å². The molecule has 2 aromatic rings. The number of aliphatic hydroxyl groups excluding tert-OH is 1. The van der Waals surface area contributed by atoms with Crippen LogP contribution in [0.2, 0.25) is 0 Å².